The predicted octanol–water partition coefficient (Wildman–Crippen LogP) is 2.63. The Morgan fingerprint density at radius 3 is 2.76 bits per heavy atom. The van der Waals surface area contributed by atoms with Crippen LogP contribution in [0.3, 0.4) is 0 Å². The van der Waals surface area contributed by atoms with E-state index in [0.29, 0.717) is 36.4 Å². The third-order valence-electron chi connectivity index (χ3n) is 7.46. The van der Waals surface area contributed by atoms with Crippen LogP contribution < -0.4 is 10.1 Å². The number of nitrogens with zero attached hydrogens (tertiary/aromatic N) is 2. The lowest BCUT2D eigenvalue weighted by atomic mass is 9.94. The van der Waals surface area contributed by atoms with E-state index < -0.39 is 0 Å². The van der Waals surface area contributed by atoms with E-state index in [1.165, 1.54) is 18.2 Å². The molecule has 0 radical (unpaired) electrons. The van der Waals surface area contributed by atoms with E-state index in [9.17, 15) is 14.4 Å². The number of carbonyl (C=O) groups excluding carboxylic acids is 3. The molecule has 3 atom stereocenters. The normalized spacial score (nSPS) is 23.1. The van der Waals surface area contributed by atoms with E-state index in [-0.39, 0.29) is 49.2 Å². The summed E-state index contributed by atoms with van der Waals surface area (Å²) in [5, 5.41) is 2.73. The molecule has 0 bridgehead atoms. The molecule has 3 heterocycles. The highest BCUT2D eigenvalue weighted by Gasteiger charge is 2.39. The molecular formula is C28H33N3O6. The summed E-state index contributed by atoms with van der Waals surface area (Å²) in [7, 11) is 3.22. The molecule has 0 unspecified atom stereocenters. The lowest BCUT2D eigenvalue weighted by molar-refractivity contribution is -0.143. The van der Waals surface area contributed by atoms with Crippen molar-refractivity contribution >= 4 is 23.4 Å². The topological polar surface area (TPSA) is 97.4 Å². The summed E-state index contributed by atoms with van der Waals surface area (Å²) in [6, 6.07) is 13.1. The van der Waals surface area contributed by atoms with Gasteiger partial charge in [0.05, 0.1) is 24.1 Å². The van der Waals surface area contributed by atoms with E-state index in [2.05, 4.69) is 17.4 Å². The number of benzene rings is 2. The maximum atomic E-state index is 13.4. The number of fused-ring (bicyclic) bond motifs is 3. The van der Waals surface area contributed by atoms with Gasteiger partial charge in [0.2, 0.25) is 11.8 Å². The number of amides is 3. The van der Waals surface area contributed by atoms with E-state index in [4.69, 9.17) is 14.2 Å². The second-order valence-corrected chi connectivity index (χ2v) is 9.90. The van der Waals surface area contributed by atoms with Crippen molar-refractivity contribution in [3.8, 4) is 5.75 Å². The van der Waals surface area contributed by atoms with Gasteiger partial charge in [-0.1, -0.05) is 24.3 Å². The summed E-state index contributed by atoms with van der Waals surface area (Å²) in [5.74, 6) is 0.0409. The summed E-state index contributed by atoms with van der Waals surface area (Å²) in [6.45, 7) is 1.56. The van der Waals surface area contributed by atoms with E-state index >= 15 is 0 Å². The molecule has 0 saturated carbocycles. The maximum absolute atomic E-state index is 13.4. The van der Waals surface area contributed by atoms with Gasteiger partial charge < -0.3 is 29.3 Å². The summed E-state index contributed by atoms with van der Waals surface area (Å²) in [4.78, 5) is 42.0. The molecule has 0 aromatic heterocycles. The fourth-order valence-electron chi connectivity index (χ4n) is 5.47. The van der Waals surface area contributed by atoms with Crippen LogP contribution in [-0.4, -0.2) is 79.7 Å². The van der Waals surface area contributed by atoms with Gasteiger partial charge in [-0.15, -0.1) is 0 Å². The standard InChI is InChI=1S/C28H33N3O6/c1-30-23-9-8-21(14-27(33)31-12-11-18-5-3-4-6-19(18)15-31)37-25(23)16-36-24-10-7-20(13-22(24)28(30)34)29-26(32)17-35-2/h3-7,10,13,21,23,25H,8-9,11-12,14-17H2,1-2H3,(H,29,32)/t21-,23+,25+/m0/s1. The molecule has 0 aliphatic carbocycles. The molecule has 1 saturated heterocycles. The lowest BCUT2D eigenvalue weighted by Gasteiger charge is -2.42. The fourth-order valence-corrected chi connectivity index (χ4v) is 5.47. The van der Waals surface area contributed by atoms with Crippen LogP contribution in [0.1, 0.15) is 40.7 Å². The third-order valence-corrected chi connectivity index (χ3v) is 7.46. The van der Waals surface area contributed by atoms with Gasteiger partial charge in [-0.2, -0.15) is 0 Å². The van der Waals surface area contributed by atoms with Crippen molar-refractivity contribution < 1.29 is 28.6 Å². The summed E-state index contributed by atoms with van der Waals surface area (Å²) in [5.41, 5.74) is 3.41. The van der Waals surface area contributed by atoms with Crippen LogP contribution in [-0.2, 0) is 32.0 Å². The SMILES string of the molecule is COCC(=O)Nc1ccc2c(c1)C(=O)N(C)[C@@H]1CC[C@@H](CC(=O)N3CCc4ccccc4C3)O[C@@H]1CO2. The molecule has 1 N–H and O–H groups in total. The zero-order chi connectivity index (χ0) is 25.9. The first-order valence-electron chi connectivity index (χ1n) is 12.8. The Morgan fingerprint density at radius 1 is 1.14 bits per heavy atom. The van der Waals surface area contributed by atoms with E-state index in [1.54, 1.807) is 30.1 Å². The van der Waals surface area contributed by atoms with Crippen molar-refractivity contribution in [1.29, 1.82) is 0 Å². The molecule has 3 amide bonds. The van der Waals surface area contributed by atoms with Gasteiger partial charge in [0.25, 0.3) is 5.91 Å². The van der Waals surface area contributed by atoms with Crippen molar-refractivity contribution in [3.05, 3.63) is 59.2 Å². The Balaban J connectivity index is 1.23. The third kappa shape index (κ3) is 5.47. The molecule has 5 rings (SSSR count). The van der Waals surface area contributed by atoms with Gasteiger partial charge in [-0.3, -0.25) is 14.4 Å². The molecular weight excluding hydrogens is 474 g/mol. The predicted molar refractivity (Wildman–Crippen MR) is 136 cm³/mol. The van der Waals surface area contributed by atoms with Crippen molar-refractivity contribution in [1.82, 2.24) is 9.80 Å². The monoisotopic (exact) mass is 507 g/mol. The fraction of sp³-hybridized carbons (Fsp3) is 0.464. The molecule has 2 aromatic rings. The molecule has 2 aromatic carbocycles. The first kappa shape index (κ1) is 25.2. The van der Waals surface area contributed by atoms with Gasteiger partial charge in [0.1, 0.15) is 25.1 Å². The minimum absolute atomic E-state index is 0.0722. The number of carbonyl (C=O) groups is 3. The Morgan fingerprint density at radius 2 is 1.95 bits per heavy atom. The van der Waals surface area contributed by atoms with Crippen LogP contribution in [0.5, 0.6) is 5.75 Å². The van der Waals surface area contributed by atoms with Crippen LogP contribution in [0.15, 0.2) is 42.5 Å². The molecule has 3 aliphatic heterocycles. The van der Waals surface area contributed by atoms with Crippen LogP contribution >= 0.6 is 0 Å². The van der Waals surface area contributed by atoms with Crippen molar-refractivity contribution in [3.63, 3.8) is 0 Å². The summed E-state index contributed by atoms with van der Waals surface area (Å²) < 4.78 is 17.2. The number of likely N-dealkylation sites (N-methyl/N-ethyl adjacent to an activating group) is 1. The number of anilines is 1. The molecule has 3 aliphatic rings. The number of hydrogen-bond acceptors (Lipinski definition) is 6. The van der Waals surface area contributed by atoms with Gasteiger partial charge in [0, 0.05) is 32.9 Å². The first-order chi connectivity index (χ1) is 17.9. The Labute approximate surface area is 216 Å². The van der Waals surface area contributed by atoms with Crippen LogP contribution in [0.25, 0.3) is 0 Å². The van der Waals surface area contributed by atoms with Gasteiger partial charge in [-0.25, -0.2) is 0 Å². The molecule has 37 heavy (non-hydrogen) atoms. The van der Waals surface area contributed by atoms with Crippen molar-refractivity contribution in [2.75, 3.05) is 39.2 Å². The molecule has 196 valence electrons. The molecule has 0 spiro atoms. The zero-order valence-electron chi connectivity index (χ0n) is 21.3. The Bertz CT molecular complexity index is 1180. The van der Waals surface area contributed by atoms with Crippen LogP contribution in [0.2, 0.25) is 0 Å². The highest BCUT2D eigenvalue weighted by molar-refractivity contribution is 6.00. The van der Waals surface area contributed by atoms with Gasteiger partial charge >= 0.3 is 0 Å². The number of methoxy groups -OCH3 is 1. The Hall–Kier alpha value is -3.43. The second-order valence-electron chi connectivity index (χ2n) is 9.90. The average Bonchev–Trinajstić information content (AvgIpc) is 2.91. The van der Waals surface area contributed by atoms with E-state index in [1.807, 2.05) is 17.0 Å². The minimum Gasteiger partial charge on any atom is -0.490 e. The highest BCUT2D eigenvalue weighted by Crippen LogP contribution is 2.33. The number of hydrogen-bond donors (Lipinski definition) is 1. The first-order valence-corrected chi connectivity index (χ1v) is 12.8. The van der Waals surface area contributed by atoms with Crippen LogP contribution in [0.4, 0.5) is 5.69 Å². The smallest absolute Gasteiger partial charge is 0.257 e. The minimum atomic E-state index is -0.336. The lowest BCUT2D eigenvalue weighted by Crippen LogP contribution is -2.54. The zero-order valence-corrected chi connectivity index (χ0v) is 21.3. The largest absolute Gasteiger partial charge is 0.490 e. The van der Waals surface area contributed by atoms with Crippen molar-refractivity contribution in [2.45, 2.75) is 50.5 Å². The highest BCUT2D eigenvalue weighted by atomic mass is 16.5. The van der Waals surface area contributed by atoms with Gasteiger partial charge in [0.15, 0.2) is 0 Å². The van der Waals surface area contributed by atoms with Gasteiger partial charge in [-0.05, 0) is 48.6 Å². The second kappa shape index (κ2) is 10.9. The molecule has 1 fully saturated rings. The number of ether oxygens (including phenoxy) is 3. The summed E-state index contributed by atoms with van der Waals surface area (Å²) in [6.07, 6.45) is 2.05. The number of nitrogens with one attached hydrogen (secondary N) is 1. The van der Waals surface area contributed by atoms with Crippen molar-refractivity contribution in [2.24, 2.45) is 0 Å². The number of rotatable bonds is 5. The quantitative estimate of drug-likeness (QED) is 0.668. The maximum Gasteiger partial charge on any atom is 0.257 e. The molecule has 9 nitrogen and oxygen atoms in total. The summed E-state index contributed by atoms with van der Waals surface area (Å²) >= 11 is 0. The Kier molecular flexibility index (Phi) is 7.43. The van der Waals surface area contributed by atoms with Crippen LogP contribution in [0, 0.1) is 0 Å². The molecule has 9 heteroatoms. The average molecular weight is 508 g/mol. The van der Waals surface area contributed by atoms with E-state index in [0.717, 1.165) is 19.4 Å².